The molecule has 2 amide bonds. The van der Waals surface area contributed by atoms with Gasteiger partial charge in [0, 0.05) is 16.7 Å². The first-order valence-corrected chi connectivity index (χ1v) is 10.7. The lowest BCUT2D eigenvalue weighted by atomic mass is 9.78. The summed E-state index contributed by atoms with van der Waals surface area (Å²) in [7, 11) is 0. The SMILES string of the molecule is C#CCN1C(=O)C2C(c3cc(Cl)ccc3[N+](=O)[O-])NC(CCSC)(C(=O)O)C2C1=O. The Kier molecular flexibility index (Phi) is 6.08. The van der Waals surface area contributed by atoms with Crippen LogP contribution in [0.4, 0.5) is 5.69 Å². The molecule has 11 heteroatoms. The standard InChI is InChI=1S/C19H18ClN3O6S/c1-3-7-22-16(24)13-14(17(22)25)19(18(26)27,6-8-30-2)21-15(13)11-9-10(20)4-5-12(11)23(28)29/h1,4-5,9,13-15,21H,6-8H2,2H3,(H,26,27). The molecule has 2 saturated heterocycles. The Morgan fingerprint density at radius 1 is 1.47 bits per heavy atom. The normalized spacial score (nSPS) is 27.8. The van der Waals surface area contributed by atoms with Gasteiger partial charge in [0.2, 0.25) is 11.8 Å². The van der Waals surface area contributed by atoms with E-state index in [-0.39, 0.29) is 29.2 Å². The summed E-state index contributed by atoms with van der Waals surface area (Å²) >= 11 is 7.43. The minimum atomic E-state index is -1.77. The molecule has 0 aromatic heterocycles. The summed E-state index contributed by atoms with van der Waals surface area (Å²) < 4.78 is 0. The largest absolute Gasteiger partial charge is 0.480 e. The van der Waals surface area contributed by atoms with Crippen LogP contribution in [0, 0.1) is 34.3 Å². The average Bonchev–Trinajstić information content (AvgIpc) is 3.16. The van der Waals surface area contributed by atoms with Crippen LogP contribution in [0.1, 0.15) is 18.0 Å². The summed E-state index contributed by atoms with van der Waals surface area (Å²) in [5.41, 5.74) is -2.04. The maximum atomic E-state index is 13.1. The van der Waals surface area contributed by atoms with Gasteiger partial charge in [0.1, 0.15) is 5.54 Å². The first-order valence-electron chi connectivity index (χ1n) is 8.92. The number of hydrogen-bond donors (Lipinski definition) is 2. The topological polar surface area (TPSA) is 130 Å². The zero-order chi connectivity index (χ0) is 22.2. The van der Waals surface area contributed by atoms with Crippen LogP contribution >= 0.6 is 23.4 Å². The first-order chi connectivity index (χ1) is 14.2. The van der Waals surface area contributed by atoms with Crippen molar-refractivity contribution in [2.75, 3.05) is 18.6 Å². The van der Waals surface area contributed by atoms with Crippen molar-refractivity contribution in [2.24, 2.45) is 11.8 Å². The highest BCUT2D eigenvalue weighted by molar-refractivity contribution is 7.98. The van der Waals surface area contributed by atoms with Gasteiger partial charge in [0.05, 0.1) is 29.3 Å². The quantitative estimate of drug-likeness (QED) is 0.277. The monoisotopic (exact) mass is 451 g/mol. The molecule has 0 aliphatic carbocycles. The molecule has 2 heterocycles. The number of carbonyl (C=O) groups is 3. The Morgan fingerprint density at radius 2 is 2.17 bits per heavy atom. The van der Waals surface area contributed by atoms with Crippen molar-refractivity contribution in [1.29, 1.82) is 0 Å². The molecule has 0 radical (unpaired) electrons. The lowest BCUT2D eigenvalue weighted by molar-refractivity contribution is -0.385. The van der Waals surface area contributed by atoms with Crippen molar-refractivity contribution < 1.29 is 24.4 Å². The molecular weight excluding hydrogens is 434 g/mol. The van der Waals surface area contributed by atoms with Crippen LogP contribution in [0.25, 0.3) is 0 Å². The van der Waals surface area contributed by atoms with Crippen LogP contribution in [-0.4, -0.2) is 56.8 Å². The fraction of sp³-hybridized carbons (Fsp3) is 0.421. The Bertz CT molecular complexity index is 980. The lowest BCUT2D eigenvalue weighted by Gasteiger charge is -2.30. The third-order valence-electron chi connectivity index (χ3n) is 5.60. The molecule has 4 unspecified atom stereocenters. The number of benzene rings is 1. The fourth-order valence-corrected chi connectivity index (χ4v) is 5.02. The number of likely N-dealkylation sites (tertiary alicyclic amines) is 1. The number of nitro benzene ring substituents is 1. The van der Waals surface area contributed by atoms with Gasteiger partial charge in [-0.2, -0.15) is 11.8 Å². The number of carbonyl (C=O) groups excluding carboxylic acids is 2. The van der Waals surface area contributed by atoms with Crippen LogP contribution in [0.5, 0.6) is 0 Å². The van der Waals surface area contributed by atoms with Gasteiger partial charge < -0.3 is 5.11 Å². The Hall–Kier alpha value is -2.61. The molecule has 1 aromatic carbocycles. The van der Waals surface area contributed by atoms with Gasteiger partial charge in [-0.3, -0.25) is 34.7 Å². The number of nitro groups is 1. The molecule has 0 spiro atoms. The number of carboxylic acids is 1. The number of nitrogens with zero attached hydrogens (tertiary/aromatic N) is 2. The smallest absolute Gasteiger partial charge is 0.324 e. The maximum absolute atomic E-state index is 13.1. The number of carboxylic acid groups (broad SMARTS) is 1. The minimum Gasteiger partial charge on any atom is -0.480 e. The summed E-state index contributed by atoms with van der Waals surface area (Å²) in [6, 6.07) is 2.76. The molecule has 3 rings (SSSR count). The maximum Gasteiger partial charge on any atom is 0.324 e. The zero-order valence-corrected chi connectivity index (χ0v) is 17.4. The number of aliphatic carboxylic acids is 1. The number of hydrogen-bond acceptors (Lipinski definition) is 7. The van der Waals surface area contributed by atoms with Crippen LogP contribution in [0.15, 0.2) is 18.2 Å². The molecule has 158 valence electrons. The number of rotatable bonds is 7. The number of thioether (sulfide) groups is 1. The number of amides is 2. The summed E-state index contributed by atoms with van der Waals surface area (Å²) in [4.78, 5) is 50.4. The molecule has 2 aliphatic rings. The molecule has 4 atom stereocenters. The molecule has 0 bridgehead atoms. The average molecular weight is 452 g/mol. The zero-order valence-electron chi connectivity index (χ0n) is 15.8. The summed E-state index contributed by atoms with van der Waals surface area (Å²) in [5, 5.41) is 24.8. The van der Waals surface area contributed by atoms with Gasteiger partial charge in [0.25, 0.3) is 5.69 Å². The molecule has 2 aliphatic heterocycles. The molecule has 2 fully saturated rings. The summed E-state index contributed by atoms with van der Waals surface area (Å²) in [6.07, 6.45) is 7.11. The van der Waals surface area contributed by atoms with Crippen molar-refractivity contribution in [2.45, 2.75) is 18.0 Å². The molecular formula is C19H18ClN3O6S. The van der Waals surface area contributed by atoms with Gasteiger partial charge in [-0.15, -0.1) is 6.42 Å². The minimum absolute atomic E-state index is 0.0401. The molecule has 2 N–H and O–H groups in total. The van der Waals surface area contributed by atoms with E-state index >= 15 is 0 Å². The highest BCUT2D eigenvalue weighted by Crippen LogP contribution is 2.51. The van der Waals surface area contributed by atoms with Crippen molar-refractivity contribution in [1.82, 2.24) is 10.2 Å². The van der Waals surface area contributed by atoms with Crippen molar-refractivity contribution >= 4 is 46.8 Å². The highest BCUT2D eigenvalue weighted by atomic mass is 35.5. The predicted octanol–water partition coefficient (Wildman–Crippen LogP) is 1.70. The molecule has 1 aromatic rings. The van der Waals surface area contributed by atoms with Gasteiger partial charge in [-0.05, 0) is 30.6 Å². The van der Waals surface area contributed by atoms with Crippen molar-refractivity contribution in [3.63, 3.8) is 0 Å². The summed E-state index contributed by atoms with van der Waals surface area (Å²) in [5.74, 6) is -2.41. The predicted molar refractivity (Wildman–Crippen MR) is 110 cm³/mol. The van der Waals surface area contributed by atoms with Gasteiger partial charge in [-0.25, -0.2) is 0 Å². The second kappa shape index (κ2) is 8.26. The van der Waals surface area contributed by atoms with E-state index < -0.39 is 46.1 Å². The van der Waals surface area contributed by atoms with E-state index in [1.54, 1.807) is 6.26 Å². The summed E-state index contributed by atoms with van der Waals surface area (Å²) in [6.45, 7) is -0.298. The number of imide groups is 1. The van der Waals surface area contributed by atoms with Crippen LogP contribution < -0.4 is 5.32 Å². The third kappa shape index (κ3) is 3.33. The third-order valence-corrected chi connectivity index (χ3v) is 6.45. The number of halogens is 1. The van der Waals surface area contributed by atoms with E-state index in [1.165, 1.54) is 30.0 Å². The van der Waals surface area contributed by atoms with Crippen molar-refractivity contribution in [3.8, 4) is 12.3 Å². The second-order valence-corrected chi connectivity index (χ2v) is 8.49. The van der Waals surface area contributed by atoms with Crippen LogP contribution in [0.2, 0.25) is 5.02 Å². The Morgan fingerprint density at radius 3 is 2.73 bits per heavy atom. The van der Waals surface area contributed by atoms with E-state index in [0.29, 0.717) is 5.75 Å². The number of terminal acetylenes is 1. The Balaban J connectivity index is 2.21. The number of nitrogens with one attached hydrogen (secondary N) is 1. The van der Waals surface area contributed by atoms with E-state index in [9.17, 15) is 29.6 Å². The first kappa shape index (κ1) is 22.1. The van der Waals surface area contributed by atoms with Crippen LogP contribution in [0.3, 0.4) is 0 Å². The molecule has 30 heavy (non-hydrogen) atoms. The molecule has 9 nitrogen and oxygen atoms in total. The lowest BCUT2D eigenvalue weighted by Crippen LogP contribution is -2.56. The van der Waals surface area contributed by atoms with Gasteiger partial charge in [-0.1, -0.05) is 17.5 Å². The fourth-order valence-electron chi connectivity index (χ4n) is 4.31. The van der Waals surface area contributed by atoms with Crippen LogP contribution in [-0.2, 0) is 14.4 Å². The molecule has 0 saturated carbocycles. The Labute approximate surface area is 181 Å². The van der Waals surface area contributed by atoms with E-state index in [4.69, 9.17) is 18.0 Å². The highest BCUT2D eigenvalue weighted by Gasteiger charge is 2.68. The van der Waals surface area contributed by atoms with Gasteiger partial charge in [0.15, 0.2) is 0 Å². The van der Waals surface area contributed by atoms with E-state index in [2.05, 4.69) is 11.2 Å². The van der Waals surface area contributed by atoms with E-state index in [1.807, 2.05) is 0 Å². The second-order valence-electron chi connectivity index (χ2n) is 7.07. The van der Waals surface area contributed by atoms with Gasteiger partial charge >= 0.3 is 5.97 Å². The van der Waals surface area contributed by atoms with Crippen molar-refractivity contribution in [3.05, 3.63) is 38.9 Å². The van der Waals surface area contributed by atoms with E-state index in [0.717, 1.165) is 4.90 Å². The number of fused-ring (bicyclic) bond motifs is 1.